The van der Waals surface area contributed by atoms with Crippen LogP contribution in [0.15, 0.2) is 47.4 Å². The van der Waals surface area contributed by atoms with Crippen molar-refractivity contribution in [2.24, 2.45) is 0 Å². The van der Waals surface area contributed by atoms with Crippen LogP contribution in [-0.4, -0.2) is 9.67 Å². The van der Waals surface area contributed by atoms with Gasteiger partial charge in [0.25, 0.3) is 5.56 Å². The molecule has 0 fully saturated rings. The summed E-state index contributed by atoms with van der Waals surface area (Å²) in [4.78, 5) is 11.7. The molecular formula is C13H13NO2. The normalized spacial score (nSPS) is 10.3. The van der Waals surface area contributed by atoms with E-state index in [1.165, 1.54) is 0 Å². The van der Waals surface area contributed by atoms with E-state index < -0.39 is 0 Å². The Hall–Kier alpha value is -2.03. The molecule has 0 unspecified atom stereocenters. The Morgan fingerprint density at radius 2 is 1.81 bits per heavy atom. The van der Waals surface area contributed by atoms with Crippen LogP contribution in [0.3, 0.4) is 0 Å². The molecule has 1 N–H and O–H groups in total. The van der Waals surface area contributed by atoms with Crippen LogP contribution in [0.4, 0.5) is 0 Å². The van der Waals surface area contributed by atoms with E-state index in [9.17, 15) is 9.90 Å². The molecule has 0 aliphatic heterocycles. The second-order valence-corrected chi connectivity index (χ2v) is 3.62. The van der Waals surface area contributed by atoms with E-state index in [-0.39, 0.29) is 11.3 Å². The van der Waals surface area contributed by atoms with Crippen LogP contribution in [0.5, 0.6) is 5.75 Å². The maximum Gasteiger partial charge on any atom is 0.255 e. The van der Waals surface area contributed by atoms with Gasteiger partial charge >= 0.3 is 0 Å². The average molecular weight is 215 g/mol. The van der Waals surface area contributed by atoms with Gasteiger partial charge in [-0.15, -0.1) is 0 Å². The van der Waals surface area contributed by atoms with Crippen molar-refractivity contribution in [3.63, 3.8) is 0 Å². The van der Waals surface area contributed by atoms with Gasteiger partial charge in [0, 0.05) is 18.0 Å². The van der Waals surface area contributed by atoms with Gasteiger partial charge in [-0.1, -0.05) is 13.0 Å². The van der Waals surface area contributed by atoms with Gasteiger partial charge in [-0.2, -0.15) is 0 Å². The fraction of sp³-hybridized carbons (Fsp3) is 0.154. The third-order valence-electron chi connectivity index (χ3n) is 2.51. The number of aromatic nitrogens is 1. The van der Waals surface area contributed by atoms with Gasteiger partial charge in [0.1, 0.15) is 5.75 Å². The maximum atomic E-state index is 11.7. The Bertz CT molecular complexity index is 541. The zero-order valence-corrected chi connectivity index (χ0v) is 9.05. The lowest BCUT2D eigenvalue weighted by Gasteiger charge is -2.07. The molecule has 0 saturated carbocycles. The quantitative estimate of drug-likeness (QED) is 0.833. The summed E-state index contributed by atoms with van der Waals surface area (Å²) in [5, 5.41) is 9.19. The van der Waals surface area contributed by atoms with Crippen LogP contribution in [0.1, 0.15) is 12.5 Å². The lowest BCUT2D eigenvalue weighted by molar-refractivity contribution is 0.475. The second-order valence-electron chi connectivity index (χ2n) is 3.62. The van der Waals surface area contributed by atoms with Gasteiger partial charge in [0.05, 0.1) is 0 Å². The number of hydrogen-bond acceptors (Lipinski definition) is 2. The van der Waals surface area contributed by atoms with E-state index in [0.717, 1.165) is 17.7 Å². The highest BCUT2D eigenvalue weighted by Gasteiger charge is 2.00. The standard InChI is InChI=1S/C13H13NO2/c1-2-10-3-8-13(16)14(9-10)11-4-6-12(15)7-5-11/h3-9,15H,2H2,1H3. The Balaban J connectivity index is 2.54. The monoisotopic (exact) mass is 215 g/mol. The van der Waals surface area contributed by atoms with Crippen LogP contribution in [0.25, 0.3) is 5.69 Å². The largest absolute Gasteiger partial charge is 0.508 e. The lowest BCUT2D eigenvalue weighted by Crippen LogP contribution is -2.16. The molecule has 3 nitrogen and oxygen atoms in total. The molecule has 2 aromatic rings. The van der Waals surface area contributed by atoms with Crippen molar-refractivity contribution in [3.8, 4) is 11.4 Å². The Kier molecular flexibility index (Phi) is 2.77. The third kappa shape index (κ3) is 1.98. The molecule has 0 spiro atoms. The van der Waals surface area contributed by atoms with Gasteiger partial charge in [0.2, 0.25) is 0 Å². The van der Waals surface area contributed by atoms with E-state index in [4.69, 9.17) is 0 Å². The maximum absolute atomic E-state index is 11.7. The number of rotatable bonds is 2. The summed E-state index contributed by atoms with van der Waals surface area (Å²) in [6.45, 7) is 2.04. The molecular weight excluding hydrogens is 202 g/mol. The number of hydrogen-bond donors (Lipinski definition) is 1. The molecule has 0 aliphatic rings. The molecule has 16 heavy (non-hydrogen) atoms. The van der Waals surface area contributed by atoms with E-state index in [2.05, 4.69) is 0 Å². The number of benzene rings is 1. The van der Waals surface area contributed by atoms with Crippen molar-refractivity contribution in [2.75, 3.05) is 0 Å². The minimum Gasteiger partial charge on any atom is -0.508 e. The van der Waals surface area contributed by atoms with Crippen molar-refractivity contribution >= 4 is 0 Å². The van der Waals surface area contributed by atoms with Crippen molar-refractivity contribution in [3.05, 3.63) is 58.5 Å². The molecule has 1 aromatic heterocycles. The Labute approximate surface area is 93.6 Å². The van der Waals surface area contributed by atoms with Crippen LogP contribution < -0.4 is 5.56 Å². The van der Waals surface area contributed by atoms with Gasteiger partial charge < -0.3 is 5.11 Å². The second kappa shape index (κ2) is 4.23. The fourth-order valence-electron chi connectivity index (χ4n) is 1.56. The molecule has 0 atom stereocenters. The zero-order chi connectivity index (χ0) is 11.5. The van der Waals surface area contributed by atoms with Crippen molar-refractivity contribution in [1.82, 2.24) is 4.57 Å². The lowest BCUT2D eigenvalue weighted by atomic mass is 10.2. The van der Waals surface area contributed by atoms with Crippen molar-refractivity contribution < 1.29 is 5.11 Å². The van der Waals surface area contributed by atoms with E-state index in [1.54, 1.807) is 34.9 Å². The number of pyridine rings is 1. The first-order valence-electron chi connectivity index (χ1n) is 5.21. The van der Waals surface area contributed by atoms with Crippen molar-refractivity contribution in [1.29, 1.82) is 0 Å². The Morgan fingerprint density at radius 3 is 2.44 bits per heavy atom. The minimum absolute atomic E-state index is 0.0668. The van der Waals surface area contributed by atoms with Crippen LogP contribution in [0, 0.1) is 0 Å². The van der Waals surface area contributed by atoms with Crippen molar-refractivity contribution in [2.45, 2.75) is 13.3 Å². The molecule has 0 aliphatic carbocycles. The first-order valence-corrected chi connectivity index (χ1v) is 5.21. The zero-order valence-electron chi connectivity index (χ0n) is 9.05. The fourth-order valence-corrected chi connectivity index (χ4v) is 1.56. The summed E-state index contributed by atoms with van der Waals surface area (Å²) in [6, 6.07) is 9.97. The van der Waals surface area contributed by atoms with Gasteiger partial charge in [-0.25, -0.2) is 0 Å². The number of aromatic hydroxyl groups is 1. The molecule has 0 saturated heterocycles. The first kappa shape index (κ1) is 10.5. The third-order valence-corrected chi connectivity index (χ3v) is 2.51. The SMILES string of the molecule is CCc1ccc(=O)n(-c2ccc(O)cc2)c1. The van der Waals surface area contributed by atoms with Gasteiger partial charge in [0.15, 0.2) is 0 Å². The van der Waals surface area contributed by atoms with Crippen LogP contribution in [0.2, 0.25) is 0 Å². The predicted molar refractivity (Wildman–Crippen MR) is 63.1 cm³/mol. The van der Waals surface area contributed by atoms with E-state index in [0.29, 0.717) is 0 Å². The molecule has 0 bridgehead atoms. The summed E-state index contributed by atoms with van der Waals surface area (Å²) >= 11 is 0. The van der Waals surface area contributed by atoms with E-state index >= 15 is 0 Å². The summed E-state index contributed by atoms with van der Waals surface area (Å²) < 4.78 is 1.58. The molecule has 1 heterocycles. The number of aryl methyl sites for hydroxylation is 1. The van der Waals surface area contributed by atoms with E-state index in [1.807, 2.05) is 19.2 Å². The highest BCUT2D eigenvalue weighted by molar-refractivity contribution is 5.37. The highest BCUT2D eigenvalue weighted by Crippen LogP contribution is 2.12. The summed E-state index contributed by atoms with van der Waals surface area (Å²) in [5.74, 6) is 0.198. The van der Waals surface area contributed by atoms with Crippen LogP contribution >= 0.6 is 0 Å². The number of nitrogens with zero attached hydrogens (tertiary/aromatic N) is 1. The predicted octanol–water partition coefficient (Wildman–Crippen LogP) is 2.11. The van der Waals surface area contributed by atoms with Gasteiger partial charge in [-0.3, -0.25) is 9.36 Å². The topological polar surface area (TPSA) is 42.2 Å². The van der Waals surface area contributed by atoms with Crippen LogP contribution in [-0.2, 0) is 6.42 Å². The Morgan fingerprint density at radius 1 is 1.12 bits per heavy atom. The highest BCUT2D eigenvalue weighted by atomic mass is 16.3. The molecule has 1 aromatic carbocycles. The summed E-state index contributed by atoms with van der Waals surface area (Å²) in [5.41, 5.74) is 1.80. The van der Waals surface area contributed by atoms with Gasteiger partial charge in [-0.05, 0) is 36.2 Å². The minimum atomic E-state index is -0.0668. The molecule has 0 radical (unpaired) electrons. The first-order chi connectivity index (χ1) is 7.70. The molecule has 3 heteroatoms. The smallest absolute Gasteiger partial charge is 0.255 e. The number of phenolic OH excluding ortho intramolecular Hbond substituents is 1. The molecule has 0 amide bonds. The molecule has 2 rings (SSSR count). The molecule has 82 valence electrons. The summed E-state index contributed by atoms with van der Waals surface area (Å²) in [6.07, 6.45) is 2.72. The number of phenols is 1. The average Bonchev–Trinajstić information content (AvgIpc) is 2.31. The summed E-state index contributed by atoms with van der Waals surface area (Å²) in [7, 11) is 0.